The largest absolute Gasteiger partial charge is 0.345 e. The standard InChI is InChI=1S/C18H20N4O/c1-21-11-8-18(16(21)23)13-22(17-19-9-5-10-20-17)12-15(18)14-6-3-2-4-7-14/h2-7,9-10,15H,8,11-13H2,1H3/t15-,18+/m1/s1. The SMILES string of the molecule is CN1CC[C@@]2(CN(c3ncccn3)C[C@@H]2c2ccccc2)C1=O. The van der Waals surface area contributed by atoms with E-state index in [1.807, 2.05) is 36.2 Å². The Balaban J connectivity index is 1.75. The van der Waals surface area contributed by atoms with Crippen molar-refractivity contribution in [3.63, 3.8) is 0 Å². The molecule has 0 aliphatic carbocycles. The molecule has 4 rings (SSSR count). The number of anilines is 1. The summed E-state index contributed by atoms with van der Waals surface area (Å²) in [6.45, 7) is 2.30. The Kier molecular flexibility index (Phi) is 3.29. The van der Waals surface area contributed by atoms with Crippen molar-refractivity contribution in [2.45, 2.75) is 12.3 Å². The monoisotopic (exact) mass is 308 g/mol. The topological polar surface area (TPSA) is 49.3 Å². The highest BCUT2D eigenvalue weighted by Crippen LogP contribution is 2.50. The van der Waals surface area contributed by atoms with Crippen LogP contribution in [0.2, 0.25) is 0 Å². The Labute approximate surface area is 136 Å². The number of hydrogen-bond donors (Lipinski definition) is 0. The van der Waals surface area contributed by atoms with Crippen LogP contribution < -0.4 is 4.90 Å². The van der Waals surface area contributed by atoms with Crippen LogP contribution in [0, 0.1) is 5.41 Å². The van der Waals surface area contributed by atoms with Crippen molar-refractivity contribution in [3.05, 3.63) is 54.4 Å². The van der Waals surface area contributed by atoms with Gasteiger partial charge >= 0.3 is 0 Å². The van der Waals surface area contributed by atoms with Gasteiger partial charge in [0.15, 0.2) is 0 Å². The van der Waals surface area contributed by atoms with Gasteiger partial charge in [-0.1, -0.05) is 30.3 Å². The number of aromatic nitrogens is 2. The Morgan fingerprint density at radius 3 is 2.52 bits per heavy atom. The summed E-state index contributed by atoms with van der Waals surface area (Å²) < 4.78 is 0. The second kappa shape index (κ2) is 5.33. The van der Waals surface area contributed by atoms with E-state index in [4.69, 9.17) is 0 Å². The average molecular weight is 308 g/mol. The summed E-state index contributed by atoms with van der Waals surface area (Å²) in [7, 11) is 1.90. The average Bonchev–Trinajstić information content (AvgIpc) is 3.13. The van der Waals surface area contributed by atoms with Crippen LogP contribution in [0.4, 0.5) is 5.95 Å². The number of rotatable bonds is 2. The molecule has 5 heteroatoms. The lowest BCUT2D eigenvalue weighted by Gasteiger charge is -2.28. The highest BCUT2D eigenvalue weighted by atomic mass is 16.2. The van der Waals surface area contributed by atoms with Crippen LogP contribution >= 0.6 is 0 Å². The van der Waals surface area contributed by atoms with Crippen molar-refractivity contribution in [1.29, 1.82) is 0 Å². The van der Waals surface area contributed by atoms with Gasteiger partial charge in [-0.2, -0.15) is 0 Å². The van der Waals surface area contributed by atoms with Gasteiger partial charge in [0.1, 0.15) is 0 Å². The number of benzene rings is 1. The van der Waals surface area contributed by atoms with Gasteiger partial charge in [-0.05, 0) is 18.1 Å². The highest BCUT2D eigenvalue weighted by molar-refractivity contribution is 5.87. The van der Waals surface area contributed by atoms with E-state index in [1.165, 1.54) is 5.56 Å². The summed E-state index contributed by atoms with van der Waals surface area (Å²) in [6.07, 6.45) is 4.41. The fourth-order valence-electron chi connectivity index (χ4n) is 4.05. The minimum absolute atomic E-state index is 0.185. The summed E-state index contributed by atoms with van der Waals surface area (Å²) in [5, 5.41) is 0. The summed E-state index contributed by atoms with van der Waals surface area (Å²) in [5.41, 5.74) is 0.879. The summed E-state index contributed by atoms with van der Waals surface area (Å²) in [5.74, 6) is 1.15. The Morgan fingerprint density at radius 2 is 1.87 bits per heavy atom. The van der Waals surface area contributed by atoms with E-state index in [0.29, 0.717) is 12.5 Å². The van der Waals surface area contributed by atoms with E-state index >= 15 is 0 Å². The minimum Gasteiger partial charge on any atom is -0.345 e. The van der Waals surface area contributed by atoms with Crippen LogP contribution in [0.3, 0.4) is 0 Å². The third kappa shape index (κ3) is 2.19. The van der Waals surface area contributed by atoms with Gasteiger partial charge in [0, 0.05) is 45.0 Å². The third-order valence-electron chi connectivity index (χ3n) is 5.25. The number of carbonyl (C=O) groups is 1. The molecule has 2 saturated heterocycles. The lowest BCUT2D eigenvalue weighted by Crippen LogP contribution is -2.38. The molecular formula is C18H20N4O. The molecule has 2 aliphatic heterocycles. The number of nitrogens with zero attached hydrogens (tertiary/aromatic N) is 4. The maximum absolute atomic E-state index is 12.9. The van der Waals surface area contributed by atoms with Crippen LogP contribution in [-0.4, -0.2) is 47.5 Å². The van der Waals surface area contributed by atoms with Crippen molar-refractivity contribution in [2.24, 2.45) is 5.41 Å². The zero-order valence-electron chi connectivity index (χ0n) is 13.2. The molecule has 118 valence electrons. The Bertz CT molecular complexity index is 705. The van der Waals surface area contributed by atoms with Gasteiger partial charge in [0.25, 0.3) is 0 Å². The van der Waals surface area contributed by atoms with Crippen LogP contribution in [-0.2, 0) is 4.79 Å². The molecule has 1 aromatic heterocycles. The molecule has 1 aromatic carbocycles. The maximum Gasteiger partial charge on any atom is 0.231 e. The molecule has 0 saturated carbocycles. The van der Waals surface area contributed by atoms with Gasteiger partial charge in [0.2, 0.25) is 11.9 Å². The van der Waals surface area contributed by atoms with Crippen LogP contribution in [0.1, 0.15) is 17.9 Å². The molecule has 0 bridgehead atoms. The van der Waals surface area contributed by atoms with Crippen molar-refractivity contribution in [1.82, 2.24) is 14.9 Å². The van der Waals surface area contributed by atoms with Gasteiger partial charge < -0.3 is 9.80 Å². The van der Waals surface area contributed by atoms with E-state index in [9.17, 15) is 4.79 Å². The molecule has 1 spiro atoms. The maximum atomic E-state index is 12.9. The number of amides is 1. The molecule has 2 fully saturated rings. The fourth-order valence-corrected chi connectivity index (χ4v) is 4.05. The normalized spacial score (nSPS) is 27.2. The fraction of sp³-hybridized carbons (Fsp3) is 0.389. The van der Waals surface area contributed by atoms with Gasteiger partial charge in [-0.15, -0.1) is 0 Å². The second-order valence-corrected chi connectivity index (χ2v) is 6.53. The highest BCUT2D eigenvalue weighted by Gasteiger charge is 2.56. The summed E-state index contributed by atoms with van der Waals surface area (Å²) in [4.78, 5) is 25.7. The Hall–Kier alpha value is -2.43. The molecule has 3 heterocycles. The molecule has 23 heavy (non-hydrogen) atoms. The molecule has 0 N–H and O–H groups in total. The van der Waals surface area contributed by atoms with Crippen LogP contribution in [0.25, 0.3) is 0 Å². The second-order valence-electron chi connectivity index (χ2n) is 6.53. The van der Waals surface area contributed by atoms with Crippen LogP contribution in [0.5, 0.6) is 0 Å². The predicted octanol–water partition coefficient (Wildman–Crippen LogP) is 1.93. The van der Waals surface area contributed by atoms with Crippen molar-refractivity contribution in [2.75, 3.05) is 31.6 Å². The molecule has 0 unspecified atom stereocenters. The first kappa shape index (κ1) is 14.2. The zero-order valence-corrected chi connectivity index (χ0v) is 13.2. The minimum atomic E-state index is -0.352. The number of hydrogen-bond acceptors (Lipinski definition) is 4. The molecule has 0 radical (unpaired) electrons. The van der Waals surface area contributed by atoms with Gasteiger partial charge in [-0.3, -0.25) is 4.79 Å². The first-order valence-corrected chi connectivity index (χ1v) is 8.03. The lowest BCUT2D eigenvalue weighted by atomic mass is 9.73. The lowest BCUT2D eigenvalue weighted by molar-refractivity contribution is -0.134. The van der Waals surface area contributed by atoms with Crippen molar-refractivity contribution >= 4 is 11.9 Å². The van der Waals surface area contributed by atoms with Crippen molar-refractivity contribution < 1.29 is 4.79 Å². The smallest absolute Gasteiger partial charge is 0.231 e. The molecular weight excluding hydrogens is 288 g/mol. The predicted molar refractivity (Wildman–Crippen MR) is 88.1 cm³/mol. The molecule has 1 amide bonds. The molecule has 2 atom stereocenters. The Morgan fingerprint density at radius 1 is 1.13 bits per heavy atom. The number of likely N-dealkylation sites (tertiary alicyclic amines) is 1. The molecule has 2 aliphatic rings. The van der Waals surface area contributed by atoms with Crippen molar-refractivity contribution in [3.8, 4) is 0 Å². The van der Waals surface area contributed by atoms with E-state index in [2.05, 4.69) is 27.0 Å². The molecule has 5 nitrogen and oxygen atoms in total. The summed E-state index contributed by atoms with van der Waals surface area (Å²) >= 11 is 0. The summed E-state index contributed by atoms with van der Waals surface area (Å²) in [6, 6.07) is 12.2. The number of carbonyl (C=O) groups excluding carboxylic acids is 1. The van der Waals surface area contributed by atoms with E-state index < -0.39 is 0 Å². The first-order chi connectivity index (χ1) is 11.2. The van der Waals surface area contributed by atoms with E-state index in [0.717, 1.165) is 19.5 Å². The van der Waals surface area contributed by atoms with Gasteiger partial charge in [-0.25, -0.2) is 9.97 Å². The van der Waals surface area contributed by atoms with Crippen LogP contribution in [0.15, 0.2) is 48.8 Å². The third-order valence-corrected chi connectivity index (χ3v) is 5.25. The van der Waals surface area contributed by atoms with Gasteiger partial charge in [0.05, 0.1) is 5.41 Å². The van der Waals surface area contributed by atoms with E-state index in [1.54, 1.807) is 12.4 Å². The first-order valence-electron chi connectivity index (χ1n) is 8.03. The quantitative estimate of drug-likeness (QED) is 0.850. The zero-order chi connectivity index (χ0) is 15.9. The van der Waals surface area contributed by atoms with E-state index in [-0.39, 0.29) is 17.2 Å². The molecule has 2 aromatic rings.